The standard InChI is InChI=1S/C18H27NO2/c1-6-18(4,19-9-7-8-10-19)17(20)15-11-14(3)16(21-5)12-13(15)2/h11-12H,6-10H2,1-5H3. The third-order valence-electron chi connectivity index (χ3n) is 4.97. The number of benzene rings is 1. The van der Waals surface area contributed by atoms with E-state index in [-0.39, 0.29) is 11.3 Å². The maximum absolute atomic E-state index is 13.2. The summed E-state index contributed by atoms with van der Waals surface area (Å²) in [5.74, 6) is 1.10. The molecule has 1 aromatic rings. The predicted molar refractivity (Wildman–Crippen MR) is 86.3 cm³/mol. The first-order chi connectivity index (χ1) is 9.93. The van der Waals surface area contributed by atoms with Crippen LogP contribution in [-0.4, -0.2) is 36.4 Å². The van der Waals surface area contributed by atoms with Crippen LogP contribution in [0, 0.1) is 13.8 Å². The molecule has 0 bridgehead atoms. The zero-order valence-electron chi connectivity index (χ0n) is 14.0. The number of methoxy groups -OCH3 is 1. The first-order valence-electron chi connectivity index (χ1n) is 7.89. The highest BCUT2D eigenvalue weighted by molar-refractivity contribution is 6.04. The highest BCUT2D eigenvalue weighted by Gasteiger charge is 2.39. The Morgan fingerprint density at radius 3 is 2.38 bits per heavy atom. The van der Waals surface area contributed by atoms with Crippen molar-refractivity contribution in [1.82, 2.24) is 4.90 Å². The van der Waals surface area contributed by atoms with E-state index in [0.717, 1.165) is 42.0 Å². The Kier molecular flexibility index (Phi) is 4.72. The lowest BCUT2D eigenvalue weighted by molar-refractivity contribution is 0.0647. The monoisotopic (exact) mass is 289 g/mol. The Bertz CT molecular complexity index is 532. The molecule has 1 saturated heterocycles. The van der Waals surface area contributed by atoms with E-state index in [0.29, 0.717) is 0 Å². The largest absolute Gasteiger partial charge is 0.496 e. The molecule has 1 fully saturated rings. The van der Waals surface area contributed by atoms with Crippen molar-refractivity contribution in [3.8, 4) is 5.75 Å². The zero-order chi connectivity index (χ0) is 15.6. The van der Waals surface area contributed by atoms with Gasteiger partial charge in [-0.3, -0.25) is 9.69 Å². The van der Waals surface area contributed by atoms with Crippen LogP contribution in [0.2, 0.25) is 0 Å². The SMILES string of the molecule is CCC(C)(C(=O)c1cc(C)c(OC)cc1C)N1CCCC1. The van der Waals surface area contributed by atoms with Crippen LogP contribution in [0.4, 0.5) is 0 Å². The number of likely N-dealkylation sites (tertiary alicyclic amines) is 1. The Morgan fingerprint density at radius 2 is 1.86 bits per heavy atom. The highest BCUT2D eigenvalue weighted by Crippen LogP contribution is 2.31. The lowest BCUT2D eigenvalue weighted by Crippen LogP contribution is -2.50. The molecule has 116 valence electrons. The van der Waals surface area contributed by atoms with Crippen LogP contribution in [0.25, 0.3) is 0 Å². The van der Waals surface area contributed by atoms with Crippen molar-refractivity contribution in [2.75, 3.05) is 20.2 Å². The number of aryl methyl sites for hydroxylation is 2. The predicted octanol–water partition coefficient (Wildman–Crippen LogP) is 3.76. The van der Waals surface area contributed by atoms with Crippen molar-refractivity contribution in [2.24, 2.45) is 0 Å². The third-order valence-corrected chi connectivity index (χ3v) is 4.97. The topological polar surface area (TPSA) is 29.5 Å². The number of carbonyl (C=O) groups is 1. The fourth-order valence-electron chi connectivity index (χ4n) is 3.28. The second-order valence-electron chi connectivity index (χ2n) is 6.29. The van der Waals surface area contributed by atoms with Crippen molar-refractivity contribution in [3.05, 3.63) is 28.8 Å². The van der Waals surface area contributed by atoms with Gasteiger partial charge < -0.3 is 4.74 Å². The molecule has 2 rings (SSSR count). The van der Waals surface area contributed by atoms with E-state index in [1.807, 2.05) is 26.0 Å². The minimum Gasteiger partial charge on any atom is -0.496 e. The van der Waals surface area contributed by atoms with Crippen LogP contribution in [0.15, 0.2) is 12.1 Å². The van der Waals surface area contributed by atoms with Crippen molar-refractivity contribution in [2.45, 2.75) is 52.5 Å². The van der Waals surface area contributed by atoms with Crippen molar-refractivity contribution in [1.29, 1.82) is 0 Å². The molecule has 21 heavy (non-hydrogen) atoms. The zero-order valence-corrected chi connectivity index (χ0v) is 14.0. The Morgan fingerprint density at radius 1 is 1.24 bits per heavy atom. The maximum Gasteiger partial charge on any atom is 0.183 e. The van der Waals surface area contributed by atoms with E-state index in [4.69, 9.17) is 4.74 Å². The number of rotatable bonds is 5. The van der Waals surface area contributed by atoms with Crippen molar-refractivity contribution < 1.29 is 9.53 Å². The van der Waals surface area contributed by atoms with Gasteiger partial charge in [0, 0.05) is 5.56 Å². The van der Waals surface area contributed by atoms with Gasteiger partial charge in [0.1, 0.15) is 5.75 Å². The number of nitrogens with zero attached hydrogens (tertiary/aromatic N) is 1. The number of hydrogen-bond donors (Lipinski definition) is 0. The molecule has 1 aromatic carbocycles. The molecule has 0 radical (unpaired) electrons. The van der Waals surface area contributed by atoms with Crippen molar-refractivity contribution in [3.63, 3.8) is 0 Å². The first kappa shape index (κ1) is 16.0. The summed E-state index contributed by atoms with van der Waals surface area (Å²) in [6.45, 7) is 10.3. The van der Waals surface area contributed by atoms with Gasteiger partial charge >= 0.3 is 0 Å². The fourth-order valence-corrected chi connectivity index (χ4v) is 3.28. The smallest absolute Gasteiger partial charge is 0.183 e. The lowest BCUT2D eigenvalue weighted by atomic mass is 9.84. The molecule has 1 atom stereocenters. The van der Waals surface area contributed by atoms with Gasteiger partial charge in [0.05, 0.1) is 12.6 Å². The summed E-state index contributed by atoms with van der Waals surface area (Å²) in [5.41, 5.74) is 2.47. The van der Waals surface area contributed by atoms with Gasteiger partial charge in [0.15, 0.2) is 5.78 Å². The van der Waals surface area contributed by atoms with Gasteiger partial charge in [-0.05, 0) is 76.4 Å². The van der Waals surface area contributed by atoms with Gasteiger partial charge in [0.2, 0.25) is 0 Å². The van der Waals surface area contributed by atoms with E-state index in [9.17, 15) is 4.79 Å². The van der Waals surface area contributed by atoms with E-state index >= 15 is 0 Å². The Labute approximate surface area is 128 Å². The van der Waals surface area contributed by atoms with Gasteiger partial charge in [-0.25, -0.2) is 0 Å². The van der Waals surface area contributed by atoms with Gasteiger partial charge in [-0.15, -0.1) is 0 Å². The van der Waals surface area contributed by atoms with Crippen LogP contribution >= 0.6 is 0 Å². The summed E-state index contributed by atoms with van der Waals surface area (Å²) in [5, 5.41) is 0. The fraction of sp³-hybridized carbons (Fsp3) is 0.611. The Balaban J connectivity index is 2.40. The number of hydrogen-bond acceptors (Lipinski definition) is 3. The third kappa shape index (κ3) is 2.84. The number of carbonyl (C=O) groups excluding carboxylic acids is 1. The van der Waals surface area contributed by atoms with Crippen LogP contribution in [0.1, 0.15) is 54.6 Å². The van der Waals surface area contributed by atoms with E-state index < -0.39 is 0 Å². The minimum absolute atomic E-state index is 0.246. The molecule has 1 aliphatic rings. The summed E-state index contributed by atoms with van der Waals surface area (Å²) in [6.07, 6.45) is 3.24. The number of Topliss-reactive ketones (excluding diaryl/α,β-unsaturated/α-hetero) is 1. The molecule has 1 aliphatic heterocycles. The first-order valence-corrected chi connectivity index (χ1v) is 7.89. The van der Waals surface area contributed by atoms with E-state index in [1.54, 1.807) is 7.11 Å². The normalized spacial score (nSPS) is 18.5. The number of ether oxygens (including phenoxy) is 1. The van der Waals surface area contributed by atoms with Gasteiger partial charge in [-0.1, -0.05) is 6.92 Å². The van der Waals surface area contributed by atoms with E-state index in [2.05, 4.69) is 18.7 Å². The summed E-state index contributed by atoms with van der Waals surface area (Å²) in [7, 11) is 1.67. The average Bonchev–Trinajstić information content (AvgIpc) is 3.02. The molecule has 3 nitrogen and oxygen atoms in total. The molecular weight excluding hydrogens is 262 g/mol. The molecular formula is C18H27NO2. The van der Waals surface area contributed by atoms with Crippen LogP contribution in [0.3, 0.4) is 0 Å². The minimum atomic E-state index is -0.387. The second kappa shape index (κ2) is 6.18. The maximum atomic E-state index is 13.2. The van der Waals surface area contributed by atoms with Gasteiger partial charge in [-0.2, -0.15) is 0 Å². The summed E-state index contributed by atoms with van der Waals surface area (Å²) < 4.78 is 5.35. The molecule has 0 aromatic heterocycles. The van der Waals surface area contributed by atoms with Crippen LogP contribution in [-0.2, 0) is 0 Å². The molecule has 0 spiro atoms. The second-order valence-corrected chi connectivity index (χ2v) is 6.29. The lowest BCUT2D eigenvalue weighted by Gasteiger charge is -2.37. The van der Waals surface area contributed by atoms with E-state index in [1.165, 1.54) is 12.8 Å². The molecule has 0 amide bonds. The molecule has 1 unspecified atom stereocenters. The highest BCUT2D eigenvalue weighted by atomic mass is 16.5. The summed E-state index contributed by atoms with van der Waals surface area (Å²) >= 11 is 0. The summed E-state index contributed by atoms with van der Waals surface area (Å²) in [4.78, 5) is 15.5. The molecule has 0 saturated carbocycles. The van der Waals surface area contributed by atoms with Crippen molar-refractivity contribution >= 4 is 5.78 Å². The molecule has 0 N–H and O–H groups in total. The van der Waals surface area contributed by atoms with Gasteiger partial charge in [0.25, 0.3) is 0 Å². The molecule has 3 heteroatoms. The quantitative estimate of drug-likeness (QED) is 0.773. The molecule has 0 aliphatic carbocycles. The Hall–Kier alpha value is -1.35. The van der Waals surface area contributed by atoms with Crippen LogP contribution < -0.4 is 4.74 Å². The van der Waals surface area contributed by atoms with Crippen LogP contribution in [0.5, 0.6) is 5.75 Å². The average molecular weight is 289 g/mol. The molecule has 1 heterocycles. The summed E-state index contributed by atoms with van der Waals surface area (Å²) in [6, 6.07) is 3.96. The number of ketones is 1.